The van der Waals surface area contributed by atoms with Crippen LogP contribution in [0.1, 0.15) is 25.0 Å². The van der Waals surface area contributed by atoms with E-state index >= 15 is 0 Å². The number of aryl methyl sites for hydroxylation is 1. The van der Waals surface area contributed by atoms with Gasteiger partial charge in [0.15, 0.2) is 0 Å². The molecule has 0 unspecified atom stereocenters. The first-order valence-corrected chi connectivity index (χ1v) is 10.4. The minimum absolute atomic E-state index is 0.0545. The van der Waals surface area contributed by atoms with Crippen LogP contribution in [-0.2, 0) is 21.5 Å². The summed E-state index contributed by atoms with van der Waals surface area (Å²) in [4.78, 5) is 2.32. The van der Waals surface area contributed by atoms with Crippen LogP contribution in [-0.4, -0.2) is 73.4 Å². The van der Waals surface area contributed by atoms with E-state index < -0.39 is 10.2 Å². The molecule has 0 amide bonds. The molecule has 7 heteroatoms. The molecule has 2 aliphatic heterocycles. The molecule has 2 heterocycles. The highest BCUT2D eigenvalue weighted by Crippen LogP contribution is 2.19. The third-order valence-electron chi connectivity index (χ3n) is 4.86. The second-order valence-corrected chi connectivity index (χ2v) is 9.17. The number of hydrogen-bond acceptors (Lipinski definition) is 4. The molecule has 0 spiro atoms. The highest BCUT2D eigenvalue weighted by Gasteiger charge is 2.36. The van der Waals surface area contributed by atoms with Gasteiger partial charge < -0.3 is 4.74 Å². The lowest BCUT2D eigenvalue weighted by atomic mass is 10.1. The van der Waals surface area contributed by atoms with E-state index in [4.69, 9.17) is 4.74 Å². The SMILES string of the molecule is Cc1cccc(CN2CCN(S(=O)(=O)N3C[C@H](C)O[C@@H](C)C3)CC2)c1. The van der Waals surface area contributed by atoms with E-state index in [0.29, 0.717) is 26.2 Å². The average Bonchev–Trinajstić information content (AvgIpc) is 2.54. The average molecular weight is 368 g/mol. The fourth-order valence-corrected chi connectivity index (χ4v) is 5.42. The van der Waals surface area contributed by atoms with Crippen molar-refractivity contribution in [3.63, 3.8) is 0 Å². The highest BCUT2D eigenvalue weighted by atomic mass is 32.2. The molecule has 0 bridgehead atoms. The lowest BCUT2D eigenvalue weighted by Gasteiger charge is -2.40. The minimum atomic E-state index is -3.39. The maximum Gasteiger partial charge on any atom is 0.282 e. The standard InChI is InChI=1S/C18H29N3O3S/c1-15-5-4-6-18(11-15)14-19-7-9-20(10-8-19)25(22,23)21-12-16(2)24-17(3)13-21/h4-6,11,16-17H,7-10,12-14H2,1-3H3/t16-,17-/m0/s1. The third-order valence-corrected chi connectivity index (χ3v) is 6.83. The maximum absolute atomic E-state index is 12.9. The van der Waals surface area contributed by atoms with Crippen LogP contribution < -0.4 is 0 Å². The van der Waals surface area contributed by atoms with Gasteiger partial charge in [-0.05, 0) is 26.3 Å². The molecule has 2 saturated heterocycles. The van der Waals surface area contributed by atoms with Crippen molar-refractivity contribution < 1.29 is 13.2 Å². The summed E-state index contributed by atoms with van der Waals surface area (Å²) in [5, 5.41) is 0. The summed E-state index contributed by atoms with van der Waals surface area (Å²) in [6, 6.07) is 8.50. The first-order chi connectivity index (χ1) is 11.8. The summed E-state index contributed by atoms with van der Waals surface area (Å²) < 4.78 is 34.7. The monoisotopic (exact) mass is 367 g/mol. The predicted octanol–water partition coefficient (Wildman–Crippen LogP) is 1.47. The Morgan fingerprint density at radius 3 is 2.28 bits per heavy atom. The number of morpholine rings is 1. The van der Waals surface area contributed by atoms with Gasteiger partial charge in [0.1, 0.15) is 0 Å². The lowest BCUT2D eigenvalue weighted by Crippen LogP contribution is -2.57. The normalized spacial score (nSPS) is 27.5. The van der Waals surface area contributed by atoms with Crippen LogP contribution in [0.25, 0.3) is 0 Å². The molecule has 1 aromatic rings. The molecule has 2 atom stereocenters. The molecule has 140 valence electrons. The van der Waals surface area contributed by atoms with Gasteiger partial charge in [-0.15, -0.1) is 0 Å². The molecule has 2 aliphatic rings. The Morgan fingerprint density at radius 1 is 1.04 bits per heavy atom. The number of benzene rings is 1. The van der Waals surface area contributed by atoms with Gasteiger partial charge in [0.05, 0.1) is 12.2 Å². The van der Waals surface area contributed by atoms with Gasteiger partial charge in [-0.25, -0.2) is 0 Å². The first kappa shape index (κ1) is 18.8. The van der Waals surface area contributed by atoms with E-state index in [-0.39, 0.29) is 12.2 Å². The number of hydrogen-bond donors (Lipinski definition) is 0. The van der Waals surface area contributed by atoms with Crippen LogP contribution in [0.15, 0.2) is 24.3 Å². The second-order valence-electron chi connectivity index (χ2n) is 7.25. The first-order valence-electron chi connectivity index (χ1n) is 9.03. The van der Waals surface area contributed by atoms with Crippen LogP contribution in [0.3, 0.4) is 0 Å². The zero-order valence-corrected chi connectivity index (χ0v) is 16.2. The van der Waals surface area contributed by atoms with Gasteiger partial charge >= 0.3 is 0 Å². The Morgan fingerprint density at radius 2 is 1.68 bits per heavy atom. The summed E-state index contributed by atoms with van der Waals surface area (Å²) in [5.41, 5.74) is 2.54. The third kappa shape index (κ3) is 4.60. The van der Waals surface area contributed by atoms with Crippen molar-refractivity contribution in [3.8, 4) is 0 Å². The Balaban J connectivity index is 1.57. The Kier molecular flexibility index (Phi) is 5.80. The van der Waals surface area contributed by atoms with Crippen molar-refractivity contribution >= 4 is 10.2 Å². The Hall–Kier alpha value is -0.990. The van der Waals surface area contributed by atoms with Crippen molar-refractivity contribution in [1.82, 2.24) is 13.5 Å². The van der Waals surface area contributed by atoms with E-state index in [1.165, 1.54) is 11.1 Å². The van der Waals surface area contributed by atoms with Crippen molar-refractivity contribution in [2.24, 2.45) is 0 Å². The van der Waals surface area contributed by atoms with E-state index in [1.54, 1.807) is 8.61 Å². The zero-order chi connectivity index (χ0) is 18.0. The highest BCUT2D eigenvalue weighted by molar-refractivity contribution is 7.86. The van der Waals surface area contributed by atoms with E-state index in [2.05, 4.69) is 36.1 Å². The van der Waals surface area contributed by atoms with Gasteiger partial charge in [0, 0.05) is 45.8 Å². The summed E-state index contributed by atoms with van der Waals surface area (Å²) in [6.07, 6.45) is -0.109. The van der Waals surface area contributed by atoms with Crippen LogP contribution >= 0.6 is 0 Å². The van der Waals surface area contributed by atoms with Gasteiger partial charge in [-0.2, -0.15) is 17.0 Å². The van der Waals surface area contributed by atoms with Gasteiger partial charge in [-0.3, -0.25) is 4.90 Å². The second kappa shape index (κ2) is 7.72. The van der Waals surface area contributed by atoms with E-state index in [0.717, 1.165) is 19.6 Å². The van der Waals surface area contributed by atoms with Crippen LogP contribution in [0.5, 0.6) is 0 Å². The number of ether oxygens (including phenoxy) is 1. The molecule has 0 saturated carbocycles. The summed E-state index contributed by atoms with van der Waals surface area (Å²) in [5.74, 6) is 0. The molecule has 3 rings (SSSR count). The topological polar surface area (TPSA) is 53.1 Å². The molecular formula is C18H29N3O3S. The Bertz CT molecular complexity index is 677. The van der Waals surface area contributed by atoms with Gasteiger partial charge in [0.25, 0.3) is 10.2 Å². The number of nitrogens with zero attached hydrogens (tertiary/aromatic N) is 3. The van der Waals surface area contributed by atoms with Crippen molar-refractivity contribution in [3.05, 3.63) is 35.4 Å². The van der Waals surface area contributed by atoms with Crippen molar-refractivity contribution in [2.45, 2.75) is 39.5 Å². The molecule has 0 N–H and O–H groups in total. The largest absolute Gasteiger partial charge is 0.373 e. The van der Waals surface area contributed by atoms with E-state index in [1.807, 2.05) is 13.8 Å². The number of rotatable bonds is 4. The van der Waals surface area contributed by atoms with Gasteiger partial charge in [0.2, 0.25) is 0 Å². The van der Waals surface area contributed by atoms with Crippen molar-refractivity contribution in [1.29, 1.82) is 0 Å². The quantitative estimate of drug-likeness (QED) is 0.809. The summed E-state index contributed by atoms with van der Waals surface area (Å²) in [6.45, 7) is 10.3. The van der Waals surface area contributed by atoms with Crippen LogP contribution in [0.4, 0.5) is 0 Å². The van der Waals surface area contributed by atoms with Crippen molar-refractivity contribution in [2.75, 3.05) is 39.3 Å². The molecule has 0 radical (unpaired) electrons. The van der Waals surface area contributed by atoms with Crippen LogP contribution in [0, 0.1) is 6.92 Å². The molecule has 2 fully saturated rings. The van der Waals surface area contributed by atoms with Gasteiger partial charge in [-0.1, -0.05) is 29.8 Å². The molecular weight excluding hydrogens is 338 g/mol. The Labute approximate surface area is 151 Å². The minimum Gasteiger partial charge on any atom is -0.373 e. The predicted molar refractivity (Wildman–Crippen MR) is 98.5 cm³/mol. The van der Waals surface area contributed by atoms with E-state index in [9.17, 15) is 8.42 Å². The number of piperazine rings is 1. The lowest BCUT2D eigenvalue weighted by molar-refractivity contribution is -0.0457. The molecule has 25 heavy (non-hydrogen) atoms. The maximum atomic E-state index is 12.9. The summed E-state index contributed by atoms with van der Waals surface area (Å²) in [7, 11) is -3.39. The summed E-state index contributed by atoms with van der Waals surface area (Å²) >= 11 is 0. The molecule has 0 aromatic heterocycles. The fourth-order valence-electron chi connectivity index (χ4n) is 3.67. The molecule has 0 aliphatic carbocycles. The smallest absolute Gasteiger partial charge is 0.282 e. The fraction of sp³-hybridized carbons (Fsp3) is 0.667. The van der Waals surface area contributed by atoms with Crippen LogP contribution in [0.2, 0.25) is 0 Å². The molecule has 6 nitrogen and oxygen atoms in total. The zero-order valence-electron chi connectivity index (χ0n) is 15.4. The molecule has 1 aromatic carbocycles.